The second-order valence-corrected chi connectivity index (χ2v) is 9.87. The summed E-state index contributed by atoms with van der Waals surface area (Å²) >= 11 is 0. The average Bonchev–Trinajstić information content (AvgIpc) is 3.33. The van der Waals surface area contributed by atoms with Crippen molar-refractivity contribution >= 4 is 16.9 Å². The van der Waals surface area contributed by atoms with Crippen molar-refractivity contribution in [1.29, 1.82) is 0 Å². The topological polar surface area (TPSA) is 66.7 Å². The van der Waals surface area contributed by atoms with Gasteiger partial charge in [0.2, 0.25) is 11.8 Å². The van der Waals surface area contributed by atoms with E-state index < -0.39 is 0 Å². The molecular weight excluding hydrogens is 414 g/mol. The van der Waals surface area contributed by atoms with Crippen molar-refractivity contribution in [3.63, 3.8) is 0 Å². The maximum absolute atomic E-state index is 10.8. The Balaban J connectivity index is 1.20. The summed E-state index contributed by atoms with van der Waals surface area (Å²) in [4.78, 5) is 14.1. The van der Waals surface area contributed by atoms with Crippen molar-refractivity contribution in [3.8, 4) is 5.88 Å². The molecule has 1 N–H and O–H groups in total. The molecule has 3 aromatic rings. The molecule has 6 rings (SSSR count). The summed E-state index contributed by atoms with van der Waals surface area (Å²) in [6.45, 7) is 4.68. The monoisotopic (exact) mass is 447 g/mol. The van der Waals surface area contributed by atoms with Crippen LogP contribution < -0.4 is 4.90 Å². The molecule has 7 heteroatoms. The van der Waals surface area contributed by atoms with E-state index in [1.165, 1.54) is 49.0 Å². The first kappa shape index (κ1) is 20.9. The van der Waals surface area contributed by atoms with Crippen molar-refractivity contribution in [2.75, 3.05) is 38.2 Å². The van der Waals surface area contributed by atoms with Crippen molar-refractivity contribution in [1.82, 2.24) is 19.4 Å². The van der Waals surface area contributed by atoms with Crippen LogP contribution in [0.15, 0.2) is 30.6 Å². The van der Waals surface area contributed by atoms with E-state index in [2.05, 4.69) is 33.0 Å². The van der Waals surface area contributed by atoms with Gasteiger partial charge in [0.15, 0.2) is 0 Å². The van der Waals surface area contributed by atoms with Gasteiger partial charge in [0.25, 0.3) is 0 Å². The van der Waals surface area contributed by atoms with Crippen molar-refractivity contribution in [2.24, 2.45) is 0 Å². The minimum absolute atomic E-state index is 0.233. The maximum atomic E-state index is 10.8. The SMILES string of the molecule is CO[C@@H]1CCN(c2ncc3c(O)n(Cc4ccc5c(c4)CCN(C4CCC4)CC5)cc3n2)C1. The van der Waals surface area contributed by atoms with E-state index in [-0.39, 0.29) is 12.0 Å². The van der Waals surface area contributed by atoms with E-state index in [0.29, 0.717) is 17.9 Å². The van der Waals surface area contributed by atoms with Crippen LogP contribution in [0.4, 0.5) is 5.95 Å². The molecular formula is C26H33N5O2. The number of rotatable bonds is 5. The lowest BCUT2D eigenvalue weighted by Gasteiger charge is -2.36. The van der Waals surface area contributed by atoms with Crippen LogP contribution in [-0.4, -0.2) is 70.0 Å². The Kier molecular flexibility index (Phi) is 5.46. The number of fused-ring (bicyclic) bond motifs is 2. The maximum Gasteiger partial charge on any atom is 0.226 e. The summed E-state index contributed by atoms with van der Waals surface area (Å²) in [5, 5.41) is 11.5. The van der Waals surface area contributed by atoms with Gasteiger partial charge < -0.3 is 19.3 Å². The Labute approximate surface area is 195 Å². The average molecular weight is 448 g/mol. The summed E-state index contributed by atoms with van der Waals surface area (Å²) in [7, 11) is 1.75. The number of aromatic hydroxyl groups is 1. The Morgan fingerprint density at radius 1 is 1.09 bits per heavy atom. The van der Waals surface area contributed by atoms with Gasteiger partial charge in [0.1, 0.15) is 0 Å². The molecule has 4 heterocycles. The number of ether oxygens (including phenoxy) is 1. The summed E-state index contributed by atoms with van der Waals surface area (Å²) in [6, 6.07) is 7.67. The predicted molar refractivity (Wildman–Crippen MR) is 129 cm³/mol. The van der Waals surface area contributed by atoms with Gasteiger partial charge in [-0.3, -0.25) is 4.90 Å². The minimum atomic E-state index is 0.233. The molecule has 3 aliphatic rings. The van der Waals surface area contributed by atoms with Crippen molar-refractivity contribution in [3.05, 3.63) is 47.3 Å². The van der Waals surface area contributed by atoms with E-state index in [0.717, 1.165) is 43.9 Å². The van der Waals surface area contributed by atoms with Gasteiger partial charge in [0, 0.05) is 51.7 Å². The molecule has 7 nitrogen and oxygen atoms in total. The molecule has 33 heavy (non-hydrogen) atoms. The standard InChI is InChI=1S/C26H33N5O2/c1-33-22-9-12-30(16-22)26-27-14-23-24(28-26)17-31(25(23)32)15-18-5-6-19-7-10-29(21-3-2-4-21)11-8-20(19)13-18/h5-6,13-14,17,21-22,32H,2-4,7-12,15-16H2,1H3/t22-/m1/s1. The molecule has 0 amide bonds. The fourth-order valence-electron chi connectivity index (χ4n) is 5.60. The lowest BCUT2D eigenvalue weighted by Crippen LogP contribution is -2.41. The molecule has 1 saturated heterocycles. The van der Waals surface area contributed by atoms with E-state index in [1.807, 2.05) is 10.8 Å². The molecule has 0 radical (unpaired) electrons. The summed E-state index contributed by atoms with van der Waals surface area (Å²) in [6.07, 6.45) is 11.3. The number of methoxy groups -OCH3 is 1. The zero-order valence-corrected chi connectivity index (χ0v) is 19.4. The highest BCUT2D eigenvalue weighted by atomic mass is 16.5. The Morgan fingerprint density at radius 3 is 2.70 bits per heavy atom. The molecule has 2 aromatic heterocycles. The van der Waals surface area contributed by atoms with Crippen LogP contribution >= 0.6 is 0 Å². The number of anilines is 1. The lowest BCUT2D eigenvalue weighted by molar-refractivity contribution is 0.121. The zero-order valence-electron chi connectivity index (χ0n) is 19.4. The number of hydrogen-bond acceptors (Lipinski definition) is 6. The van der Waals surface area contributed by atoms with Crippen LogP contribution in [-0.2, 0) is 24.1 Å². The van der Waals surface area contributed by atoms with Gasteiger partial charge in [-0.25, -0.2) is 9.97 Å². The molecule has 0 unspecified atom stereocenters. The molecule has 174 valence electrons. The largest absolute Gasteiger partial charge is 0.494 e. The molecule has 1 atom stereocenters. The highest BCUT2D eigenvalue weighted by molar-refractivity contribution is 5.84. The molecule has 2 aliphatic heterocycles. The second kappa shape index (κ2) is 8.61. The van der Waals surface area contributed by atoms with E-state index in [4.69, 9.17) is 9.72 Å². The van der Waals surface area contributed by atoms with Crippen LogP contribution in [0.3, 0.4) is 0 Å². The summed E-state index contributed by atoms with van der Waals surface area (Å²) in [5.74, 6) is 0.944. The molecule has 0 spiro atoms. The van der Waals surface area contributed by atoms with Gasteiger partial charge in [-0.15, -0.1) is 0 Å². The minimum Gasteiger partial charge on any atom is -0.494 e. The third-order valence-electron chi connectivity index (χ3n) is 7.91. The Morgan fingerprint density at radius 2 is 1.94 bits per heavy atom. The summed E-state index contributed by atoms with van der Waals surface area (Å²) in [5.41, 5.74) is 4.95. The van der Waals surface area contributed by atoms with Crippen LogP contribution in [0.2, 0.25) is 0 Å². The first-order chi connectivity index (χ1) is 16.2. The highest BCUT2D eigenvalue weighted by Crippen LogP contribution is 2.30. The number of aromatic nitrogens is 3. The second-order valence-electron chi connectivity index (χ2n) is 9.87. The van der Waals surface area contributed by atoms with Gasteiger partial charge >= 0.3 is 0 Å². The van der Waals surface area contributed by atoms with Crippen LogP contribution in [0.25, 0.3) is 10.9 Å². The van der Waals surface area contributed by atoms with Crippen molar-refractivity contribution < 1.29 is 9.84 Å². The Bertz CT molecular complexity index is 1160. The third-order valence-corrected chi connectivity index (χ3v) is 7.91. The number of benzene rings is 1. The lowest BCUT2D eigenvalue weighted by atomic mass is 9.91. The molecule has 1 aromatic carbocycles. The highest BCUT2D eigenvalue weighted by Gasteiger charge is 2.27. The predicted octanol–water partition coefficient (Wildman–Crippen LogP) is 3.36. The third kappa shape index (κ3) is 3.97. The summed E-state index contributed by atoms with van der Waals surface area (Å²) < 4.78 is 7.36. The van der Waals surface area contributed by atoms with Gasteiger partial charge in [-0.2, -0.15) is 0 Å². The Hall–Kier alpha value is -2.64. The first-order valence-corrected chi connectivity index (χ1v) is 12.4. The first-order valence-electron chi connectivity index (χ1n) is 12.4. The van der Waals surface area contributed by atoms with E-state index >= 15 is 0 Å². The van der Waals surface area contributed by atoms with Crippen LogP contribution in [0, 0.1) is 0 Å². The molecule has 1 saturated carbocycles. The fraction of sp³-hybridized carbons (Fsp3) is 0.538. The molecule has 0 bridgehead atoms. The van der Waals surface area contributed by atoms with E-state index in [1.54, 1.807) is 13.3 Å². The van der Waals surface area contributed by atoms with Crippen LogP contribution in [0.5, 0.6) is 5.88 Å². The van der Waals surface area contributed by atoms with Gasteiger partial charge in [-0.05, 0) is 48.8 Å². The van der Waals surface area contributed by atoms with Crippen LogP contribution in [0.1, 0.15) is 42.4 Å². The normalized spacial score (nSPS) is 21.8. The fourth-order valence-corrected chi connectivity index (χ4v) is 5.60. The number of nitrogens with zero attached hydrogens (tertiary/aromatic N) is 5. The smallest absolute Gasteiger partial charge is 0.226 e. The van der Waals surface area contributed by atoms with Gasteiger partial charge in [0.05, 0.1) is 23.6 Å². The van der Waals surface area contributed by atoms with Crippen molar-refractivity contribution in [2.45, 2.75) is 57.2 Å². The molecule has 2 fully saturated rings. The zero-order chi connectivity index (χ0) is 22.4. The quantitative estimate of drug-likeness (QED) is 0.647. The molecule has 1 aliphatic carbocycles. The number of hydrogen-bond donors (Lipinski definition) is 1. The van der Waals surface area contributed by atoms with Gasteiger partial charge in [-0.1, -0.05) is 24.6 Å². The van der Waals surface area contributed by atoms with E-state index in [9.17, 15) is 5.11 Å².